The molecule has 4 aromatic rings. The number of carbonyl (C=O) groups excluding carboxylic acids is 1. The van der Waals surface area contributed by atoms with Crippen LogP contribution in [0.15, 0.2) is 54.6 Å². The molecule has 1 atom stereocenters. The summed E-state index contributed by atoms with van der Waals surface area (Å²) in [6.45, 7) is 1.74. The Hall–Kier alpha value is -3.79. The first-order valence-electron chi connectivity index (χ1n) is 11.1. The summed E-state index contributed by atoms with van der Waals surface area (Å²) >= 11 is 0. The van der Waals surface area contributed by atoms with E-state index in [4.69, 9.17) is 4.74 Å². The van der Waals surface area contributed by atoms with Gasteiger partial charge >= 0.3 is 0 Å². The average Bonchev–Trinajstić information content (AvgIpc) is 3.37. The number of nitrogens with one attached hydrogen (secondary N) is 1. The molecule has 2 aromatic heterocycles. The average molecular weight is 495 g/mol. The lowest BCUT2D eigenvalue weighted by Crippen LogP contribution is -2.15. The molecule has 1 unspecified atom stereocenters. The monoisotopic (exact) mass is 494 g/mol. The summed E-state index contributed by atoms with van der Waals surface area (Å²) in [5.41, 5.74) is 2.08. The summed E-state index contributed by atoms with van der Waals surface area (Å²) in [6, 6.07) is 14.3. The van der Waals surface area contributed by atoms with Crippen molar-refractivity contribution in [1.82, 2.24) is 14.8 Å². The number of amides is 1. The Labute approximate surface area is 201 Å². The van der Waals surface area contributed by atoms with Crippen LogP contribution in [0, 0.1) is 12.7 Å². The van der Waals surface area contributed by atoms with E-state index >= 15 is 0 Å². The van der Waals surface area contributed by atoms with Crippen molar-refractivity contribution in [2.75, 3.05) is 23.9 Å². The normalized spacial score (nSPS) is 16.9. The molecule has 1 N–H and O–H groups in total. The van der Waals surface area contributed by atoms with Crippen LogP contribution in [0.4, 0.5) is 10.1 Å². The number of methoxy groups -OCH3 is 1. The Bertz CT molecular complexity index is 1570. The summed E-state index contributed by atoms with van der Waals surface area (Å²) in [4.78, 5) is 18.2. The second-order valence-electron chi connectivity index (χ2n) is 8.47. The van der Waals surface area contributed by atoms with E-state index in [9.17, 15) is 17.6 Å². The first-order valence-corrected chi connectivity index (χ1v) is 12.9. The molecule has 5 rings (SSSR count). The lowest BCUT2D eigenvalue weighted by atomic mass is 10.0. The molecule has 3 heterocycles. The number of halogens is 1. The molecule has 1 amide bonds. The SMILES string of the molecule is COc1ccccc1NC(=O)c1cc(-c2ccccc2F)nc2c1c(C)nn2C1CCS(=O)(=O)C1. The molecule has 1 aliphatic rings. The summed E-state index contributed by atoms with van der Waals surface area (Å²) in [5.74, 6) is -0.434. The fourth-order valence-corrected chi connectivity index (χ4v) is 6.15. The van der Waals surface area contributed by atoms with Crippen LogP contribution in [0.2, 0.25) is 0 Å². The maximum absolute atomic E-state index is 14.7. The Morgan fingerprint density at radius 2 is 1.91 bits per heavy atom. The minimum atomic E-state index is -3.19. The number of anilines is 1. The largest absolute Gasteiger partial charge is 0.495 e. The van der Waals surface area contributed by atoms with Gasteiger partial charge < -0.3 is 10.1 Å². The van der Waals surface area contributed by atoms with Crippen LogP contribution >= 0.6 is 0 Å². The molecule has 0 radical (unpaired) electrons. The quantitative estimate of drug-likeness (QED) is 0.447. The number of carbonyl (C=O) groups is 1. The standard InChI is InChI=1S/C25H23FN4O4S/c1-15-23-18(25(31)28-20-9-5-6-10-22(20)34-2)13-21(17-7-3-4-8-19(17)26)27-24(23)30(29-15)16-11-12-35(32,33)14-16/h3-10,13,16H,11-12,14H2,1-2H3,(H,28,31). The van der Waals surface area contributed by atoms with E-state index in [2.05, 4.69) is 15.4 Å². The van der Waals surface area contributed by atoms with Gasteiger partial charge in [-0.1, -0.05) is 24.3 Å². The van der Waals surface area contributed by atoms with E-state index in [1.54, 1.807) is 54.1 Å². The minimum absolute atomic E-state index is 0.0580. The predicted molar refractivity (Wildman–Crippen MR) is 131 cm³/mol. The van der Waals surface area contributed by atoms with Gasteiger partial charge in [-0.2, -0.15) is 5.10 Å². The highest BCUT2D eigenvalue weighted by Gasteiger charge is 2.32. The lowest BCUT2D eigenvalue weighted by molar-refractivity contribution is 0.102. The highest BCUT2D eigenvalue weighted by atomic mass is 32.2. The van der Waals surface area contributed by atoms with Crippen molar-refractivity contribution in [3.05, 3.63) is 71.7 Å². The molecule has 0 bridgehead atoms. The van der Waals surface area contributed by atoms with Gasteiger partial charge in [0.05, 0.1) is 52.7 Å². The number of rotatable bonds is 5. The second kappa shape index (κ2) is 8.77. The van der Waals surface area contributed by atoms with Crippen molar-refractivity contribution in [3.63, 3.8) is 0 Å². The number of sulfone groups is 1. The molecule has 35 heavy (non-hydrogen) atoms. The zero-order chi connectivity index (χ0) is 24.7. The van der Waals surface area contributed by atoms with E-state index < -0.39 is 27.6 Å². The van der Waals surface area contributed by atoms with Gasteiger partial charge in [-0.15, -0.1) is 0 Å². The summed E-state index contributed by atoms with van der Waals surface area (Å²) in [5, 5.41) is 7.92. The van der Waals surface area contributed by atoms with Crippen LogP contribution in [0.3, 0.4) is 0 Å². The van der Waals surface area contributed by atoms with Gasteiger partial charge in [-0.3, -0.25) is 4.79 Å². The fraction of sp³-hybridized carbons (Fsp3) is 0.240. The zero-order valence-electron chi connectivity index (χ0n) is 19.2. The molecule has 10 heteroatoms. The number of para-hydroxylation sites is 2. The number of aromatic nitrogens is 3. The number of ether oxygens (including phenoxy) is 1. The number of hydrogen-bond acceptors (Lipinski definition) is 6. The Balaban J connectivity index is 1.70. The van der Waals surface area contributed by atoms with E-state index in [0.717, 1.165) is 0 Å². The van der Waals surface area contributed by atoms with Crippen LogP contribution in [0.25, 0.3) is 22.3 Å². The van der Waals surface area contributed by atoms with Gasteiger partial charge in [0, 0.05) is 5.56 Å². The van der Waals surface area contributed by atoms with Crippen molar-refractivity contribution >= 4 is 32.5 Å². The zero-order valence-corrected chi connectivity index (χ0v) is 20.0. The third-order valence-electron chi connectivity index (χ3n) is 6.14. The van der Waals surface area contributed by atoms with E-state index in [1.807, 2.05) is 0 Å². The Morgan fingerprint density at radius 1 is 1.17 bits per heavy atom. The third-order valence-corrected chi connectivity index (χ3v) is 7.89. The number of nitrogens with zero attached hydrogens (tertiary/aromatic N) is 3. The molecular weight excluding hydrogens is 471 g/mol. The molecule has 0 aliphatic carbocycles. The highest BCUT2D eigenvalue weighted by Crippen LogP contribution is 2.33. The molecule has 1 fully saturated rings. The second-order valence-corrected chi connectivity index (χ2v) is 10.7. The van der Waals surface area contributed by atoms with Crippen molar-refractivity contribution in [2.45, 2.75) is 19.4 Å². The van der Waals surface area contributed by atoms with Gasteiger partial charge in [-0.25, -0.2) is 22.5 Å². The van der Waals surface area contributed by atoms with Gasteiger partial charge in [0.15, 0.2) is 15.5 Å². The van der Waals surface area contributed by atoms with Crippen molar-refractivity contribution in [2.24, 2.45) is 0 Å². The van der Waals surface area contributed by atoms with Gasteiger partial charge in [-0.05, 0) is 43.7 Å². The molecule has 180 valence electrons. The van der Waals surface area contributed by atoms with Gasteiger partial charge in [0.1, 0.15) is 11.6 Å². The van der Waals surface area contributed by atoms with E-state index in [0.29, 0.717) is 34.6 Å². The highest BCUT2D eigenvalue weighted by molar-refractivity contribution is 7.91. The molecular formula is C25H23FN4O4S. The molecule has 1 saturated heterocycles. The summed E-state index contributed by atoms with van der Waals surface area (Å²) in [7, 11) is -1.68. The summed E-state index contributed by atoms with van der Waals surface area (Å²) in [6.07, 6.45) is 0.396. The minimum Gasteiger partial charge on any atom is -0.495 e. The molecule has 0 spiro atoms. The fourth-order valence-electron chi connectivity index (χ4n) is 4.46. The Kier molecular flexibility index (Phi) is 5.76. The topological polar surface area (TPSA) is 103 Å². The first kappa shape index (κ1) is 23.0. The number of fused-ring (bicyclic) bond motifs is 1. The van der Waals surface area contributed by atoms with Crippen molar-refractivity contribution in [1.29, 1.82) is 0 Å². The molecule has 2 aromatic carbocycles. The van der Waals surface area contributed by atoms with Crippen LogP contribution < -0.4 is 10.1 Å². The number of aryl methyl sites for hydroxylation is 1. The van der Waals surface area contributed by atoms with Gasteiger partial charge in [0.2, 0.25) is 0 Å². The van der Waals surface area contributed by atoms with E-state index in [-0.39, 0.29) is 28.3 Å². The van der Waals surface area contributed by atoms with Crippen LogP contribution in [-0.2, 0) is 9.84 Å². The summed E-state index contributed by atoms with van der Waals surface area (Å²) < 4.78 is 45.9. The number of hydrogen-bond donors (Lipinski definition) is 1. The van der Waals surface area contributed by atoms with Crippen molar-refractivity contribution < 1.29 is 22.3 Å². The van der Waals surface area contributed by atoms with E-state index in [1.165, 1.54) is 19.2 Å². The smallest absolute Gasteiger partial charge is 0.256 e. The first-order chi connectivity index (χ1) is 16.8. The van der Waals surface area contributed by atoms with Crippen LogP contribution in [0.5, 0.6) is 5.75 Å². The molecule has 1 aliphatic heterocycles. The molecule has 0 saturated carbocycles. The maximum Gasteiger partial charge on any atom is 0.256 e. The van der Waals surface area contributed by atoms with Crippen LogP contribution in [-0.4, -0.2) is 47.7 Å². The van der Waals surface area contributed by atoms with Gasteiger partial charge in [0.25, 0.3) is 5.91 Å². The Morgan fingerprint density at radius 3 is 2.63 bits per heavy atom. The predicted octanol–water partition coefficient (Wildman–Crippen LogP) is 4.17. The number of pyridine rings is 1. The number of benzene rings is 2. The van der Waals surface area contributed by atoms with Crippen LogP contribution in [0.1, 0.15) is 28.5 Å². The third kappa shape index (κ3) is 4.25. The lowest BCUT2D eigenvalue weighted by Gasteiger charge is -2.13. The van der Waals surface area contributed by atoms with Crippen molar-refractivity contribution in [3.8, 4) is 17.0 Å². The maximum atomic E-state index is 14.7. The molecule has 8 nitrogen and oxygen atoms in total.